The predicted molar refractivity (Wildman–Crippen MR) is 77.5 cm³/mol. The van der Waals surface area contributed by atoms with Gasteiger partial charge in [-0.05, 0) is 43.9 Å². The van der Waals surface area contributed by atoms with Crippen LogP contribution in [-0.4, -0.2) is 17.7 Å². The van der Waals surface area contributed by atoms with Gasteiger partial charge in [0, 0.05) is 24.7 Å². The predicted octanol–water partition coefficient (Wildman–Crippen LogP) is 3.61. The zero-order chi connectivity index (χ0) is 12.7. The summed E-state index contributed by atoms with van der Waals surface area (Å²) < 4.78 is 2.24. The minimum atomic E-state index is 0.626. The lowest BCUT2D eigenvalue weighted by atomic mass is 9.89. The first-order valence-corrected chi connectivity index (χ1v) is 7.02. The molecule has 96 valence electrons. The maximum absolute atomic E-state index is 6.35. The van der Waals surface area contributed by atoms with Gasteiger partial charge in [0.15, 0.2) is 0 Å². The molecule has 3 rings (SSSR count). The fourth-order valence-corrected chi connectivity index (χ4v) is 3.53. The molecule has 1 aromatic carbocycles. The van der Waals surface area contributed by atoms with Gasteiger partial charge in [0.25, 0.3) is 0 Å². The van der Waals surface area contributed by atoms with E-state index in [4.69, 9.17) is 11.6 Å². The van der Waals surface area contributed by atoms with E-state index in [9.17, 15) is 0 Å². The van der Waals surface area contributed by atoms with Crippen LogP contribution in [0.3, 0.4) is 0 Å². The van der Waals surface area contributed by atoms with Gasteiger partial charge < -0.3 is 9.88 Å². The molecule has 0 saturated carbocycles. The molecule has 0 spiro atoms. The quantitative estimate of drug-likeness (QED) is 0.831. The number of hydrogen-bond donors (Lipinski definition) is 1. The van der Waals surface area contributed by atoms with Crippen LogP contribution in [0.5, 0.6) is 0 Å². The van der Waals surface area contributed by atoms with E-state index in [1.165, 1.54) is 35.0 Å². The van der Waals surface area contributed by atoms with Crippen molar-refractivity contribution in [2.45, 2.75) is 25.7 Å². The average molecular weight is 263 g/mol. The number of fused-ring (bicyclic) bond motifs is 1. The highest BCUT2D eigenvalue weighted by Crippen LogP contribution is 2.36. The molecule has 1 aliphatic heterocycles. The lowest BCUT2D eigenvalue weighted by Crippen LogP contribution is -2.28. The fraction of sp³-hybridized carbons (Fsp3) is 0.467. The summed E-state index contributed by atoms with van der Waals surface area (Å²) in [7, 11) is 2.11. The first-order valence-electron chi connectivity index (χ1n) is 6.64. The van der Waals surface area contributed by atoms with Crippen LogP contribution in [-0.2, 0) is 7.05 Å². The van der Waals surface area contributed by atoms with E-state index in [1.54, 1.807) is 0 Å². The SMILES string of the molecule is Cc1c(C2CCCNC2)c2cccc(Cl)c2n1C. The van der Waals surface area contributed by atoms with Crippen molar-refractivity contribution in [3.05, 3.63) is 34.5 Å². The maximum Gasteiger partial charge on any atom is 0.0672 e. The van der Waals surface area contributed by atoms with Crippen molar-refractivity contribution >= 4 is 22.5 Å². The van der Waals surface area contributed by atoms with Crippen molar-refractivity contribution in [2.24, 2.45) is 7.05 Å². The van der Waals surface area contributed by atoms with E-state index in [0.717, 1.165) is 18.1 Å². The number of piperidine rings is 1. The normalized spacial score (nSPS) is 20.5. The lowest BCUT2D eigenvalue weighted by molar-refractivity contribution is 0.461. The summed E-state index contributed by atoms with van der Waals surface area (Å²) in [6.07, 6.45) is 2.54. The van der Waals surface area contributed by atoms with E-state index in [2.05, 4.69) is 36.0 Å². The zero-order valence-electron chi connectivity index (χ0n) is 11.0. The summed E-state index contributed by atoms with van der Waals surface area (Å²) in [5.74, 6) is 0.626. The highest BCUT2D eigenvalue weighted by atomic mass is 35.5. The van der Waals surface area contributed by atoms with Gasteiger partial charge in [0.1, 0.15) is 0 Å². The number of hydrogen-bond acceptors (Lipinski definition) is 1. The molecule has 3 heteroatoms. The van der Waals surface area contributed by atoms with Crippen LogP contribution in [0, 0.1) is 6.92 Å². The molecule has 1 unspecified atom stereocenters. The minimum absolute atomic E-state index is 0.626. The third-order valence-electron chi connectivity index (χ3n) is 4.21. The van der Waals surface area contributed by atoms with E-state index in [-0.39, 0.29) is 0 Å². The van der Waals surface area contributed by atoms with E-state index in [1.807, 2.05) is 6.07 Å². The monoisotopic (exact) mass is 262 g/mol. The largest absolute Gasteiger partial charge is 0.346 e. The molecule has 0 bridgehead atoms. The molecule has 0 radical (unpaired) electrons. The number of rotatable bonds is 1. The van der Waals surface area contributed by atoms with Crippen molar-refractivity contribution in [1.82, 2.24) is 9.88 Å². The van der Waals surface area contributed by atoms with Crippen molar-refractivity contribution < 1.29 is 0 Å². The number of nitrogens with zero attached hydrogens (tertiary/aromatic N) is 1. The Kier molecular flexibility index (Phi) is 3.08. The van der Waals surface area contributed by atoms with Crippen LogP contribution in [0.4, 0.5) is 0 Å². The molecule has 1 aliphatic rings. The number of benzene rings is 1. The summed E-state index contributed by atoms with van der Waals surface area (Å²) in [5.41, 5.74) is 4.02. The molecule has 2 heterocycles. The Labute approximate surface area is 113 Å². The third kappa shape index (κ3) is 1.75. The number of halogens is 1. The Hall–Kier alpha value is -0.990. The average Bonchev–Trinajstić information content (AvgIpc) is 2.64. The van der Waals surface area contributed by atoms with Gasteiger partial charge in [-0.15, -0.1) is 0 Å². The number of aromatic nitrogens is 1. The van der Waals surface area contributed by atoms with Gasteiger partial charge in [0.2, 0.25) is 0 Å². The Balaban J connectivity index is 2.22. The summed E-state index contributed by atoms with van der Waals surface area (Å²) in [5, 5.41) is 5.69. The molecule has 2 aromatic rings. The minimum Gasteiger partial charge on any atom is -0.346 e. The summed E-state index contributed by atoms with van der Waals surface area (Å²) in [6.45, 7) is 4.45. The smallest absolute Gasteiger partial charge is 0.0672 e. The van der Waals surface area contributed by atoms with Crippen LogP contribution >= 0.6 is 11.6 Å². The molecule has 0 amide bonds. The van der Waals surface area contributed by atoms with Crippen molar-refractivity contribution in [3.8, 4) is 0 Å². The number of aryl methyl sites for hydroxylation is 1. The highest BCUT2D eigenvalue weighted by Gasteiger charge is 2.23. The van der Waals surface area contributed by atoms with Crippen LogP contribution in [0.15, 0.2) is 18.2 Å². The van der Waals surface area contributed by atoms with E-state index in [0.29, 0.717) is 5.92 Å². The second kappa shape index (κ2) is 4.60. The topological polar surface area (TPSA) is 17.0 Å². The van der Waals surface area contributed by atoms with E-state index >= 15 is 0 Å². The van der Waals surface area contributed by atoms with Crippen LogP contribution in [0.2, 0.25) is 5.02 Å². The summed E-state index contributed by atoms with van der Waals surface area (Å²) in [4.78, 5) is 0. The number of para-hydroxylation sites is 1. The summed E-state index contributed by atoms with van der Waals surface area (Å²) >= 11 is 6.35. The Morgan fingerprint density at radius 3 is 2.94 bits per heavy atom. The second-order valence-corrected chi connectivity index (χ2v) is 5.64. The first kappa shape index (κ1) is 12.1. The van der Waals surface area contributed by atoms with Crippen LogP contribution in [0.1, 0.15) is 30.0 Å². The molecule has 18 heavy (non-hydrogen) atoms. The molecule has 1 aromatic heterocycles. The maximum atomic E-state index is 6.35. The van der Waals surface area contributed by atoms with Crippen molar-refractivity contribution in [2.75, 3.05) is 13.1 Å². The molecule has 2 nitrogen and oxygen atoms in total. The van der Waals surface area contributed by atoms with Crippen molar-refractivity contribution in [3.63, 3.8) is 0 Å². The Bertz CT molecular complexity index is 580. The molecule has 1 N–H and O–H groups in total. The van der Waals surface area contributed by atoms with Gasteiger partial charge in [-0.1, -0.05) is 23.7 Å². The third-order valence-corrected chi connectivity index (χ3v) is 4.52. The zero-order valence-corrected chi connectivity index (χ0v) is 11.7. The molecular formula is C15H19ClN2. The Morgan fingerprint density at radius 1 is 1.39 bits per heavy atom. The molecule has 1 fully saturated rings. The second-order valence-electron chi connectivity index (χ2n) is 5.24. The molecule has 1 atom stereocenters. The number of nitrogens with one attached hydrogen (secondary N) is 1. The van der Waals surface area contributed by atoms with E-state index < -0.39 is 0 Å². The van der Waals surface area contributed by atoms with Crippen LogP contribution in [0.25, 0.3) is 10.9 Å². The Morgan fingerprint density at radius 2 is 2.22 bits per heavy atom. The van der Waals surface area contributed by atoms with Crippen LogP contribution < -0.4 is 5.32 Å². The van der Waals surface area contributed by atoms with Gasteiger partial charge in [-0.3, -0.25) is 0 Å². The van der Waals surface area contributed by atoms with Gasteiger partial charge in [-0.2, -0.15) is 0 Å². The van der Waals surface area contributed by atoms with Gasteiger partial charge in [-0.25, -0.2) is 0 Å². The summed E-state index contributed by atoms with van der Waals surface area (Å²) in [6, 6.07) is 6.24. The van der Waals surface area contributed by atoms with Gasteiger partial charge >= 0.3 is 0 Å². The standard InChI is InChI=1S/C15H19ClN2/c1-10-14(11-5-4-8-17-9-11)12-6-3-7-13(16)15(12)18(10)2/h3,6-7,11,17H,4-5,8-9H2,1-2H3. The molecule has 1 saturated heterocycles. The molecule has 0 aliphatic carbocycles. The lowest BCUT2D eigenvalue weighted by Gasteiger charge is -2.23. The highest BCUT2D eigenvalue weighted by molar-refractivity contribution is 6.35. The van der Waals surface area contributed by atoms with Gasteiger partial charge in [0.05, 0.1) is 10.5 Å². The first-order chi connectivity index (χ1) is 8.70. The van der Waals surface area contributed by atoms with Crippen molar-refractivity contribution in [1.29, 1.82) is 0 Å². The fourth-order valence-electron chi connectivity index (χ4n) is 3.23. The molecular weight excluding hydrogens is 244 g/mol.